The summed E-state index contributed by atoms with van der Waals surface area (Å²) in [5.74, 6) is -0.446. The second-order valence-corrected chi connectivity index (χ2v) is 7.14. The van der Waals surface area contributed by atoms with E-state index in [2.05, 4.69) is 10.00 Å². The van der Waals surface area contributed by atoms with Crippen LogP contribution in [0.4, 0.5) is 18.9 Å². The molecule has 2 aromatic carbocycles. The number of halogens is 3. The number of aromatic nitrogens is 2. The number of carbonyl (C=O) groups excluding carboxylic acids is 1. The third-order valence-corrected chi connectivity index (χ3v) is 5.02. The van der Waals surface area contributed by atoms with Gasteiger partial charge in [-0.1, -0.05) is 18.2 Å². The lowest BCUT2D eigenvalue weighted by Gasteiger charge is -2.34. The van der Waals surface area contributed by atoms with E-state index in [1.54, 1.807) is 12.1 Å². The van der Waals surface area contributed by atoms with Crippen molar-refractivity contribution < 1.29 is 22.7 Å². The molecule has 0 bridgehead atoms. The van der Waals surface area contributed by atoms with Crippen molar-refractivity contribution in [1.82, 2.24) is 9.78 Å². The molecule has 0 saturated carbocycles. The molecule has 1 fully saturated rings. The molecule has 1 atom stereocenters. The third-order valence-electron chi connectivity index (χ3n) is 5.02. The Morgan fingerprint density at radius 1 is 1.00 bits per heavy atom. The Morgan fingerprint density at radius 3 is 2.40 bits per heavy atom. The highest BCUT2D eigenvalue weighted by atomic mass is 19.4. The molecule has 0 aliphatic carbocycles. The number of hydrogen-bond acceptors (Lipinski definition) is 4. The Labute approximate surface area is 171 Å². The number of piperidine rings is 1. The molecule has 3 aromatic rings. The summed E-state index contributed by atoms with van der Waals surface area (Å²) >= 11 is 0. The fourth-order valence-corrected chi connectivity index (χ4v) is 3.50. The van der Waals surface area contributed by atoms with Crippen LogP contribution in [-0.4, -0.2) is 34.9 Å². The lowest BCUT2D eigenvalue weighted by molar-refractivity contribution is -0.141. The summed E-state index contributed by atoms with van der Waals surface area (Å²) in [6, 6.07) is 17.0. The molecule has 0 amide bonds. The highest BCUT2D eigenvalue weighted by molar-refractivity contribution is 5.89. The molecule has 4 rings (SSSR count). The minimum Gasteiger partial charge on any atom is -0.457 e. The SMILES string of the molecule is O=C(OC1CCCN(c2ccccc2)C1)c1ccc(-n2ccc(C(F)(F)F)n2)cc1. The van der Waals surface area contributed by atoms with Crippen LogP contribution in [0.25, 0.3) is 5.69 Å². The standard InChI is InChI=1S/C22H20F3N3O2/c23-22(24,25)20-12-14-28(26-20)18-10-8-16(9-11-18)21(29)30-19-7-4-13-27(15-19)17-5-2-1-3-6-17/h1-3,5-6,8-12,14,19H,4,7,13,15H2. The summed E-state index contributed by atoms with van der Waals surface area (Å²) in [6.07, 6.45) is -1.77. The van der Waals surface area contributed by atoms with Crippen molar-refractivity contribution in [3.63, 3.8) is 0 Å². The predicted octanol–water partition coefficient (Wildman–Crippen LogP) is 4.72. The average Bonchev–Trinajstić information content (AvgIpc) is 3.26. The van der Waals surface area contributed by atoms with Crippen LogP contribution in [0.15, 0.2) is 66.9 Å². The molecule has 1 saturated heterocycles. The predicted molar refractivity (Wildman–Crippen MR) is 106 cm³/mol. The Bertz CT molecular complexity index is 1000. The Kier molecular flexibility index (Phi) is 5.48. The van der Waals surface area contributed by atoms with E-state index in [4.69, 9.17) is 4.74 Å². The van der Waals surface area contributed by atoms with Crippen LogP contribution < -0.4 is 4.90 Å². The van der Waals surface area contributed by atoms with Crippen molar-refractivity contribution in [3.8, 4) is 5.69 Å². The van der Waals surface area contributed by atoms with E-state index in [0.717, 1.165) is 35.8 Å². The number of para-hydroxylation sites is 1. The van der Waals surface area contributed by atoms with Crippen LogP contribution in [-0.2, 0) is 10.9 Å². The summed E-state index contributed by atoms with van der Waals surface area (Å²) in [5, 5.41) is 3.53. The van der Waals surface area contributed by atoms with Crippen LogP contribution >= 0.6 is 0 Å². The number of nitrogens with zero attached hydrogens (tertiary/aromatic N) is 3. The number of esters is 1. The summed E-state index contributed by atoms with van der Waals surface area (Å²) < 4.78 is 44.9. The number of anilines is 1. The molecule has 2 heterocycles. The highest BCUT2D eigenvalue weighted by Gasteiger charge is 2.33. The van der Waals surface area contributed by atoms with E-state index in [1.165, 1.54) is 18.3 Å². The number of alkyl halides is 3. The minimum atomic E-state index is -4.50. The largest absolute Gasteiger partial charge is 0.457 e. The van der Waals surface area contributed by atoms with E-state index in [0.29, 0.717) is 17.8 Å². The van der Waals surface area contributed by atoms with Gasteiger partial charge in [0.1, 0.15) is 6.10 Å². The fourth-order valence-electron chi connectivity index (χ4n) is 3.50. The number of hydrogen-bond donors (Lipinski definition) is 0. The minimum absolute atomic E-state index is 0.216. The van der Waals surface area contributed by atoms with Crippen molar-refractivity contribution in [2.45, 2.75) is 25.1 Å². The maximum Gasteiger partial charge on any atom is 0.435 e. The van der Waals surface area contributed by atoms with Crippen LogP contribution in [0.1, 0.15) is 28.9 Å². The van der Waals surface area contributed by atoms with Gasteiger partial charge in [0, 0.05) is 18.4 Å². The van der Waals surface area contributed by atoms with E-state index < -0.39 is 17.8 Å². The lowest BCUT2D eigenvalue weighted by atomic mass is 10.1. The van der Waals surface area contributed by atoms with Gasteiger partial charge in [-0.3, -0.25) is 0 Å². The first-order valence-corrected chi connectivity index (χ1v) is 9.64. The summed E-state index contributed by atoms with van der Waals surface area (Å²) in [6.45, 7) is 1.54. The molecule has 30 heavy (non-hydrogen) atoms. The van der Waals surface area contributed by atoms with E-state index in [-0.39, 0.29) is 6.10 Å². The summed E-state index contributed by atoms with van der Waals surface area (Å²) in [7, 11) is 0. The maximum atomic E-state index is 12.7. The quantitative estimate of drug-likeness (QED) is 0.579. The monoisotopic (exact) mass is 415 g/mol. The van der Waals surface area contributed by atoms with Gasteiger partial charge < -0.3 is 9.64 Å². The van der Waals surface area contributed by atoms with Crippen LogP contribution in [0.2, 0.25) is 0 Å². The number of rotatable bonds is 4. The van der Waals surface area contributed by atoms with Gasteiger partial charge in [-0.05, 0) is 55.3 Å². The van der Waals surface area contributed by atoms with Gasteiger partial charge in [-0.2, -0.15) is 18.3 Å². The van der Waals surface area contributed by atoms with Crippen LogP contribution in [0, 0.1) is 0 Å². The van der Waals surface area contributed by atoms with Gasteiger partial charge in [0.15, 0.2) is 5.69 Å². The van der Waals surface area contributed by atoms with Crippen molar-refractivity contribution >= 4 is 11.7 Å². The van der Waals surface area contributed by atoms with Crippen LogP contribution in [0.3, 0.4) is 0 Å². The molecule has 1 aliphatic rings. The van der Waals surface area contributed by atoms with E-state index >= 15 is 0 Å². The van der Waals surface area contributed by atoms with Gasteiger partial charge in [-0.25, -0.2) is 9.48 Å². The third kappa shape index (κ3) is 4.48. The number of benzene rings is 2. The van der Waals surface area contributed by atoms with Crippen molar-refractivity contribution in [2.75, 3.05) is 18.0 Å². The zero-order valence-electron chi connectivity index (χ0n) is 16.0. The molecule has 1 aliphatic heterocycles. The smallest absolute Gasteiger partial charge is 0.435 e. The van der Waals surface area contributed by atoms with Gasteiger partial charge in [-0.15, -0.1) is 0 Å². The molecule has 8 heteroatoms. The fraction of sp³-hybridized carbons (Fsp3) is 0.273. The lowest BCUT2D eigenvalue weighted by Crippen LogP contribution is -2.40. The zero-order chi connectivity index (χ0) is 21.1. The van der Waals surface area contributed by atoms with E-state index in [1.807, 2.05) is 30.3 Å². The van der Waals surface area contributed by atoms with Crippen molar-refractivity contribution in [2.24, 2.45) is 0 Å². The molecule has 156 valence electrons. The summed E-state index contributed by atoms with van der Waals surface area (Å²) in [4.78, 5) is 14.7. The molecule has 5 nitrogen and oxygen atoms in total. The first kappa shape index (κ1) is 20.0. The highest BCUT2D eigenvalue weighted by Crippen LogP contribution is 2.28. The Hall–Kier alpha value is -3.29. The topological polar surface area (TPSA) is 47.4 Å². The second-order valence-electron chi connectivity index (χ2n) is 7.14. The van der Waals surface area contributed by atoms with Gasteiger partial charge >= 0.3 is 12.1 Å². The molecule has 0 N–H and O–H groups in total. The normalized spacial score (nSPS) is 17.0. The number of ether oxygens (including phenoxy) is 1. The van der Waals surface area contributed by atoms with Crippen LogP contribution in [0.5, 0.6) is 0 Å². The Morgan fingerprint density at radius 2 is 1.73 bits per heavy atom. The Balaban J connectivity index is 1.40. The van der Waals surface area contributed by atoms with E-state index in [9.17, 15) is 18.0 Å². The molecule has 0 spiro atoms. The maximum absolute atomic E-state index is 12.7. The molecular formula is C22H20F3N3O2. The summed E-state index contributed by atoms with van der Waals surface area (Å²) in [5.41, 5.74) is 0.903. The molecular weight excluding hydrogens is 395 g/mol. The zero-order valence-corrected chi connectivity index (χ0v) is 16.0. The van der Waals surface area contributed by atoms with Gasteiger partial charge in [0.2, 0.25) is 0 Å². The average molecular weight is 415 g/mol. The molecule has 1 aromatic heterocycles. The van der Waals surface area contributed by atoms with Crippen molar-refractivity contribution in [1.29, 1.82) is 0 Å². The second kappa shape index (κ2) is 8.22. The first-order valence-electron chi connectivity index (χ1n) is 9.64. The van der Waals surface area contributed by atoms with Gasteiger partial charge in [0.25, 0.3) is 0 Å². The molecule has 0 radical (unpaired) electrons. The first-order chi connectivity index (χ1) is 14.4. The van der Waals surface area contributed by atoms with Crippen molar-refractivity contribution in [3.05, 3.63) is 78.1 Å². The van der Waals surface area contributed by atoms with Gasteiger partial charge in [0.05, 0.1) is 17.8 Å². The number of carbonyl (C=O) groups is 1. The molecule has 1 unspecified atom stereocenters.